The highest BCUT2D eigenvalue weighted by Gasteiger charge is 2.26. The molecule has 0 bridgehead atoms. The summed E-state index contributed by atoms with van der Waals surface area (Å²) in [6.45, 7) is 7.17. The number of ketones is 1. The fraction of sp³-hybridized carbons (Fsp3) is 0.769. The third-order valence-corrected chi connectivity index (χ3v) is 2.45. The zero-order valence-corrected chi connectivity index (χ0v) is 10.4. The monoisotopic (exact) mass is 244 g/mol. The first kappa shape index (κ1) is 18.2. The minimum absolute atomic E-state index is 0. The molecule has 0 aliphatic carbocycles. The fourth-order valence-corrected chi connectivity index (χ4v) is 1.30. The minimum Gasteiger partial charge on any atom is -0.462 e. The summed E-state index contributed by atoms with van der Waals surface area (Å²) in [6.07, 6.45) is 1.91. The summed E-state index contributed by atoms with van der Waals surface area (Å²) < 4.78 is 4.83. The maximum Gasteiger partial charge on any atom is 0.306 e. The molecule has 1 aliphatic heterocycles. The topological polar surface area (TPSA) is 60.4 Å². The second-order valence-corrected chi connectivity index (χ2v) is 4.40. The Hall–Kier alpha value is -1.19. The van der Waals surface area contributed by atoms with E-state index >= 15 is 0 Å². The number of ether oxygens (including phenoxy) is 1. The maximum atomic E-state index is 10.4. The van der Waals surface area contributed by atoms with E-state index in [9.17, 15) is 14.4 Å². The SMILES string of the molecule is C.CC(=O)CC(C)C=O.CC1CC(=O)OC1C. The van der Waals surface area contributed by atoms with Crippen LogP contribution in [0.25, 0.3) is 0 Å². The number of rotatable bonds is 3. The zero-order valence-electron chi connectivity index (χ0n) is 10.4. The van der Waals surface area contributed by atoms with Crippen molar-refractivity contribution in [3.05, 3.63) is 0 Å². The molecule has 1 aliphatic rings. The normalized spacial score (nSPS) is 23.6. The van der Waals surface area contributed by atoms with Crippen molar-refractivity contribution in [2.75, 3.05) is 0 Å². The Morgan fingerprint density at radius 3 is 2.18 bits per heavy atom. The van der Waals surface area contributed by atoms with Gasteiger partial charge in [0, 0.05) is 18.3 Å². The summed E-state index contributed by atoms with van der Waals surface area (Å²) in [5.74, 6) is 0.338. The van der Waals surface area contributed by atoms with E-state index in [1.54, 1.807) is 6.92 Å². The lowest BCUT2D eigenvalue weighted by Gasteiger charge is -2.03. The Kier molecular flexibility index (Phi) is 9.52. The first-order chi connectivity index (χ1) is 7.36. The molecule has 0 saturated carbocycles. The highest BCUT2D eigenvalue weighted by Crippen LogP contribution is 2.19. The van der Waals surface area contributed by atoms with Crippen molar-refractivity contribution in [2.24, 2.45) is 11.8 Å². The van der Waals surface area contributed by atoms with Gasteiger partial charge in [-0.2, -0.15) is 0 Å². The number of Topliss-reactive ketones (excluding diaryl/α,β-unsaturated/α-hetero) is 1. The van der Waals surface area contributed by atoms with E-state index in [2.05, 4.69) is 0 Å². The van der Waals surface area contributed by atoms with Crippen molar-refractivity contribution < 1.29 is 19.1 Å². The lowest BCUT2D eigenvalue weighted by atomic mass is 10.1. The molecule has 0 aromatic rings. The van der Waals surface area contributed by atoms with Gasteiger partial charge in [0.05, 0.1) is 6.42 Å². The summed E-state index contributed by atoms with van der Waals surface area (Å²) in [5, 5.41) is 0. The summed E-state index contributed by atoms with van der Waals surface area (Å²) in [4.78, 5) is 30.6. The lowest BCUT2D eigenvalue weighted by Crippen LogP contribution is -2.06. The molecule has 4 heteroatoms. The van der Waals surface area contributed by atoms with Crippen LogP contribution in [0.4, 0.5) is 0 Å². The van der Waals surface area contributed by atoms with Gasteiger partial charge in [0.25, 0.3) is 0 Å². The van der Waals surface area contributed by atoms with Crippen LogP contribution in [0, 0.1) is 11.8 Å². The number of carbonyl (C=O) groups excluding carboxylic acids is 3. The third-order valence-electron chi connectivity index (χ3n) is 2.45. The number of esters is 1. The van der Waals surface area contributed by atoms with Gasteiger partial charge in [-0.25, -0.2) is 0 Å². The van der Waals surface area contributed by atoms with Crippen LogP contribution in [0.5, 0.6) is 0 Å². The Bertz CT molecular complexity index is 248. The van der Waals surface area contributed by atoms with Crippen LogP contribution >= 0.6 is 0 Å². The molecule has 1 saturated heterocycles. The Balaban J connectivity index is 0. The van der Waals surface area contributed by atoms with Gasteiger partial charge in [0.15, 0.2) is 0 Å². The summed E-state index contributed by atoms with van der Waals surface area (Å²) in [7, 11) is 0. The maximum absolute atomic E-state index is 10.4. The molecule has 0 aromatic carbocycles. The molecule has 1 rings (SSSR count). The molecule has 0 radical (unpaired) electrons. The van der Waals surface area contributed by atoms with Gasteiger partial charge in [0.2, 0.25) is 0 Å². The summed E-state index contributed by atoms with van der Waals surface area (Å²) in [6, 6.07) is 0. The van der Waals surface area contributed by atoms with E-state index in [1.807, 2.05) is 13.8 Å². The van der Waals surface area contributed by atoms with Gasteiger partial charge >= 0.3 is 5.97 Å². The van der Waals surface area contributed by atoms with Gasteiger partial charge in [-0.15, -0.1) is 0 Å². The quantitative estimate of drug-likeness (QED) is 0.565. The number of hydrogen-bond donors (Lipinski definition) is 0. The third kappa shape index (κ3) is 8.60. The predicted molar refractivity (Wildman–Crippen MR) is 66.6 cm³/mol. The molecule has 17 heavy (non-hydrogen) atoms. The highest BCUT2D eigenvalue weighted by molar-refractivity contribution is 5.78. The average Bonchev–Trinajstić information content (AvgIpc) is 2.44. The van der Waals surface area contributed by atoms with Crippen LogP contribution in [-0.4, -0.2) is 24.1 Å². The largest absolute Gasteiger partial charge is 0.462 e. The summed E-state index contributed by atoms with van der Waals surface area (Å²) >= 11 is 0. The Morgan fingerprint density at radius 1 is 1.53 bits per heavy atom. The fourth-order valence-electron chi connectivity index (χ4n) is 1.30. The molecule has 0 amide bonds. The van der Waals surface area contributed by atoms with Crippen LogP contribution < -0.4 is 0 Å². The highest BCUT2D eigenvalue weighted by atomic mass is 16.5. The van der Waals surface area contributed by atoms with E-state index < -0.39 is 0 Å². The van der Waals surface area contributed by atoms with E-state index in [4.69, 9.17) is 4.74 Å². The number of carbonyl (C=O) groups is 3. The van der Waals surface area contributed by atoms with Gasteiger partial charge in [0.1, 0.15) is 18.2 Å². The van der Waals surface area contributed by atoms with Gasteiger partial charge < -0.3 is 14.3 Å². The van der Waals surface area contributed by atoms with Crippen LogP contribution in [0.1, 0.15) is 48.0 Å². The first-order valence-corrected chi connectivity index (χ1v) is 5.51. The minimum atomic E-state index is -0.104. The first-order valence-electron chi connectivity index (χ1n) is 5.51. The lowest BCUT2D eigenvalue weighted by molar-refractivity contribution is -0.140. The van der Waals surface area contributed by atoms with Crippen LogP contribution in [0.3, 0.4) is 0 Å². The molecule has 0 aromatic heterocycles. The van der Waals surface area contributed by atoms with Crippen molar-refractivity contribution >= 4 is 18.0 Å². The zero-order chi connectivity index (χ0) is 12.7. The van der Waals surface area contributed by atoms with Gasteiger partial charge in [-0.1, -0.05) is 21.3 Å². The molecular weight excluding hydrogens is 220 g/mol. The van der Waals surface area contributed by atoms with Crippen molar-refractivity contribution in [2.45, 2.75) is 54.1 Å². The van der Waals surface area contributed by atoms with Crippen LogP contribution in [0.15, 0.2) is 0 Å². The predicted octanol–water partition coefficient (Wildman–Crippen LogP) is 2.39. The van der Waals surface area contributed by atoms with Gasteiger partial charge in [-0.05, 0) is 13.8 Å². The second-order valence-electron chi connectivity index (χ2n) is 4.40. The van der Waals surface area contributed by atoms with Crippen LogP contribution in [0.2, 0.25) is 0 Å². The van der Waals surface area contributed by atoms with Crippen molar-refractivity contribution in [1.82, 2.24) is 0 Å². The summed E-state index contributed by atoms with van der Waals surface area (Å²) in [5.41, 5.74) is 0. The van der Waals surface area contributed by atoms with Crippen molar-refractivity contribution in [1.29, 1.82) is 0 Å². The standard InChI is InChI=1S/2C6H10O2.CH4/c1-4-3-6(7)8-5(4)2;1-5(4-7)3-6(2)8;/h2*4-5H,3H2,1-2H3;1H4. The van der Waals surface area contributed by atoms with Crippen molar-refractivity contribution in [3.8, 4) is 0 Å². The van der Waals surface area contributed by atoms with E-state index in [0.717, 1.165) is 6.29 Å². The molecule has 0 spiro atoms. The second kappa shape index (κ2) is 8.90. The Labute approximate surface area is 104 Å². The molecule has 1 heterocycles. The molecule has 1 fully saturated rings. The molecule has 3 atom stereocenters. The molecular formula is C13H24O4. The number of aldehydes is 1. The number of cyclic esters (lactones) is 1. The van der Waals surface area contributed by atoms with E-state index in [-0.39, 0.29) is 31.2 Å². The van der Waals surface area contributed by atoms with Crippen molar-refractivity contribution in [3.63, 3.8) is 0 Å². The molecule has 4 nitrogen and oxygen atoms in total. The number of hydrogen-bond acceptors (Lipinski definition) is 4. The van der Waals surface area contributed by atoms with E-state index in [0.29, 0.717) is 18.8 Å². The molecule has 0 N–H and O–H groups in total. The Morgan fingerprint density at radius 2 is 2.06 bits per heavy atom. The molecule has 3 unspecified atom stereocenters. The smallest absolute Gasteiger partial charge is 0.306 e. The van der Waals surface area contributed by atoms with E-state index in [1.165, 1.54) is 6.92 Å². The van der Waals surface area contributed by atoms with Gasteiger partial charge in [-0.3, -0.25) is 4.79 Å². The average molecular weight is 244 g/mol. The molecule has 100 valence electrons. The van der Waals surface area contributed by atoms with Crippen LogP contribution in [-0.2, 0) is 19.1 Å².